The molecule has 2 rings (SSSR count). The number of benzene rings is 1. The molecule has 0 amide bonds. The number of ether oxygens (including phenoxy) is 2. The topological polar surface area (TPSA) is 18.5 Å². The number of alkyl halides is 4. The van der Waals surface area contributed by atoms with Gasteiger partial charge in [-0.2, -0.15) is 13.2 Å². The van der Waals surface area contributed by atoms with E-state index in [-0.39, 0.29) is 24.3 Å². The van der Waals surface area contributed by atoms with Gasteiger partial charge in [-0.15, -0.1) is 11.6 Å². The molecule has 1 aromatic rings. The van der Waals surface area contributed by atoms with Gasteiger partial charge < -0.3 is 9.47 Å². The smallest absolute Gasteiger partial charge is 0.419 e. The van der Waals surface area contributed by atoms with Crippen LogP contribution in [0.2, 0.25) is 0 Å². The van der Waals surface area contributed by atoms with Crippen molar-refractivity contribution >= 4 is 11.6 Å². The van der Waals surface area contributed by atoms with Crippen molar-refractivity contribution in [3.63, 3.8) is 0 Å². The Bertz CT molecular complexity index is 443. The molecule has 1 atom stereocenters. The van der Waals surface area contributed by atoms with Crippen LogP contribution < -0.4 is 4.74 Å². The summed E-state index contributed by atoms with van der Waals surface area (Å²) in [4.78, 5) is 0. The zero-order valence-electron chi connectivity index (χ0n) is 10.9. The first-order valence-corrected chi connectivity index (χ1v) is 7.04. The molecule has 0 radical (unpaired) electrons. The van der Waals surface area contributed by atoms with Gasteiger partial charge in [0.05, 0.1) is 18.3 Å². The Labute approximate surface area is 120 Å². The molecule has 0 bridgehead atoms. The van der Waals surface area contributed by atoms with Gasteiger partial charge in [0.2, 0.25) is 0 Å². The molecule has 1 heterocycles. The van der Waals surface area contributed by atoms with E-state index in [1.54, 1.807) is 6.07 Å². The standard InChI is InChI=1S/C14H16ClF3O2/c15-9-10-3-4-13(12(8-10)14(16,17)18)20-7-5-11-2-1-6-19-11/h3-4,8,11H,1-2,5-7,9H2. The van der Waals surface area contributed by atoms with Gasteiger partial charge in [0.25, 0.3) is 0 Å². The molecule has 0 N–H and O–H groups in total. The zero-order valence-corrected chi connectivity index (χ0v) is 11.6. The van der Waals surface area contributed by atoms with E-state index in [1.165, 1.54) is 6.07 Å². The minimum atomic E-state index is -4.44. The van der Waals surface area contributed by atoms with E-state index < -0.39 is 11.7 Å². The molecule has 6 heteroatoms. The highest BCUT2D eigenvalue weighted by Crippen LogP contribution is 2.37. The first-order valence-electron chi connectivity index (χ1n) is 6.51. The van der Waals surface area contributed by atoms with E-state index in [0.29, 0.717) is 12.0 Å². The van der Waals surface area contributed by atoms with Crippen molar-refractivity contribution in [2.24, 2.45) is 0 Å². The molecule has 1 aliphatic heterocycles. The monoisotopic (exact) mass is 308 g/mol. The predicted molar refractivity (Wildman–Crippen MR) is 70.1 cm³/mol. The van der Waals surface area contributed by atoms with Crippen LogP contribution in [0.4, 0.5) is 13.2 Å². The summed E-state index contributed by atoms with van der Waals surface area (Å²) >= 11 is 5.57. The highest BCUT2D eigenvalue weighted by molar-refractivity contribution is 6.17. The second kappa shape index (κ2) is 6.68. The third-order valence-corrected chi connectivity index (χ3v) is 3.53. The first kappa shape index (κ1) is 15.4. The van der Waals surface area contributed by atoms with Crippen LogP contribution in [0.3, 0.4) is 0 Å². The Morgan fingerprint density at radius 1 is 1.35 bits per heavy atom. The number of hydrogen-bond donors (Lipinski definition) is 0. The van der Waals surface area contributed by atoms with Crippen molar-refractivity contribution in [2.45, 2.75) is 37.4 Å². The summed E-state index contributed by atoms with van der Waals surface area (Å²) in [5.74, 6) is -0.108. The number of halogens is 4. The van der Waals surface area contributed by atoms with E-state index in [9.17, 15) is 13.2 Å². The molecule has 1 aromatic carbocycles. The Morgan fingerprint density at radius 3 is 2.75 bits per heavy atom. The van der Waals surface area contributed by atoms with Crippen LogP contribution in [0.1, 0.15) is 30.4 Å². The van der Waals surface area contributed by atoms with Gasteiger partial charge in [0.1, 0.15) is 5.75 Å². The van der Waals surface area contributed by atoms with Crippen LogP contribution in [0, 0.1) is 0 Å². The highest BCUT2D eigenvalue weighted by atomic mass is 35.5. The van der Waals surface area contributed by atoms with Crippen molar-refractivity contribution in [2.75, 3.05) is 13.2 Å². The van der Waals surface area contributed by atoms with Crippen LogP contribution in [0.15, 0.2) is 18.2 Å². The lowest BCUT2D eigenvalue weighted by Gasteiger charge is -2.16. The Kier molecular flexibility index (Phi) is 5.16. The lowest BCUT2D eigenvalue weighted by molar-refractivity contribution is -0.139. The molecule has 2 nitrogen and oxygen atoms in total. The van der Waals surface area contributed by atoms with Crippen LogP contribution in [0.25, 0.3) is 0 Å². The van der Waals surface area contributed by atoms with E-state index in [4.69, 9.17) is 21.1 Å². The maximum atomic E-state index is 12.9. The minimum Gasteiger partial charge on any atom is -0.493 e. The van der Waals surface area contributed by atoms with Crippen molar-refractivity contribution < 1.29 is 22.6 Å². The molecule has 0 spiro atoms. The minimum absolute atomic E-state index is 0.0409. The van der Waals surface area contributed by atoms with E-state index in [0.717, 1.165) is 25.5 Å². The van der Waals surface area contributed by atoms with Gasteiger partial charge in [-0.3, -0.25) is 0 Å². The summed E-state index contributed by atoms with van der Waals surface area (Å²) in [7, 11) is 0. The molecule has 20 heavy (non-hydrogen) atoms. The average Bonchev–Trinajstić information content (AvgIpc) is 2.91. The summed E-state index contributed by atoms with van der Waals surface area (Å²) in [5, 5.41) is 0. The lowest BCUT2D eigenvalue weighted by Crippen LogP contribution is -2.13. The maximum Gasteiger partial charge on any atom is 0.419 e. The third kappa shape index (κ3) is 4.03. The molecular formula is C14H16ClF3O2. The molecule has 1 fully saturated rings. The summed E-state index contributed by atoms with van der Waals surface area (Å²) in [6, 6.07) is 3.91. The number of rotatable bonds is 5. The van der Waals surface area contributed by atoms with Crippen molar-refractivity contribution in [1.29, 1.82) is 0 Å². The second-order valence-electron chi connectivity index (χ2n) is 4.73. The van der Waals surface area contributed by atoms with E-state index in [2.05, 4.69) is 0 Å². The van der Waals surface area contributed by atoms with Crippen molar-refractivity contribution in [3.05, 3.63) is 29.3 Å². The second-order valence-corrected chi connectivity index (χ2v) is 5.00. The highest BCUT2D eigenvalue weighted by Gasteiger charge is 2.34. The molecule has 0 saturated carbocycles. The molecular weight excluding hydrogens is 293 g/mol. The van der Waals surface area contributed by atoms with Crippen molar-refractivity contribution in [1.82, 2.24) is 0 Å². The lowest BCUT2D eigenvalue weighted by atomic mass is 10.1. The van der Waals surface area contributed by atoms with E-state index >= 15 is 0 Å². The molecule has 0 aromatic heterocycles. The van der Waals surface area contributed by atoms with Crippen LogP contribution >= 0.6 is 11.6 Å². The number of hydrogen-bond acceptors (Lipinski definition) is 2. The van der Waals surface area contributed by atoms with Gasteiger partial charge in [0, 0.05) is 18.9 Å². The Morgan fingerprint density at radius 2 is 2.15 bits per heavy atom. The van der Waals surface area contributed by atoms with Crippen LogP contribution in [-0.2, 0) is 16.8 Å². The summed E-state index contributed by atoms with van der Waals surface area (Å²) in [5.41, 5.74) is -0.353. The maximum absolute atomic E-state index is 12.9. The first-order chi connectivity index (χ1) is 9.50. The summed E-state index contributed by atoms with van der Waals surface area (Å²) in [6.45, 7) is 0.941. The fourth-order valence-corrected chi connectivity index (χ4v) is 2.35. The van der Waals surface area contributed by atoms with Gasteiger partial charge in [-0.05, 0) is 30.5 Å². The van der Waals surface area contributed by atoms with Crippen molar-refractivity contribution in [3.8, 4) is 5.75 Å². The van der Waals surface area contributed by atoms with Crippen LogP contribution in [0.5, 0.6) is 5.75 Å². The molecule has 1 aliphatic rings. The van der Waals surface area contributed by atoms with E-state index in [1.807, 2.05) is 0 Å². The third-order valence-electron chi connectivity index (χ3n) is 3.23. The summed E-state index contributed by atoms with van der Waals surface area (Å²) < 4.78 is 49.5. The normalized spacial score (nSPS) is 19.3. The molecule has 1 saturated heterocycles. The van der Waals surface area contributed by atoms with Gasteiger partial charge in [-0.1, -0.05) is 6.07 Å². The zero-order chi connectivity index (χ0) is 14.6. The van der Waals surface area contributed by atoms with Crippen LogP contribution in [-0.4, -0.2) is 19.3 Å². The Balaban J connectivity index is 2.02. The van der Waals surface area contributed by atoms with Gasteiger partial charge >= 0.3 is 6.18 Å². The quantitative estimate of drug-likeness (QED) is 0.751. The van der Waals surface area contributed by atoms with Gasteiger partial charge in [-0.25, -0.2) is 0 Å². The largest absolute Gasteiger partial charge is 0.493 e. The van der Waals surface area contributed by atoms with Gasteiger partial charge in [0.15, 0.2) is 0 Å². The average molecular weight is 309 g/mol. The SMILES string of the molecule is FC(F)(F)c1cc(CCl)ccc1OCCC1CCCO1. The fourth-order valence-electron chi connectivity index (χ4n) is 2.18. The predicted octanol–water partition coefficient (Wildman–Crippen LogP) is 4.39. The molecule has 1 unspecified atom stereocenters. The Hall–Kier alpha value is -0.940. The molecule has 112 valence electrons. The summed E-state index contributed by atoms with van der Waals surface area (Å²) in [6.07, 6.45) is -1.79. The molecule has 0 aliphatic carbocycles. The fraction of sp³-hybridized carbons (Fsp3) is 0.571.